The van der Waals surface area contributed by atoms with Crippen LogP contribution in [0.25, 0.3) is 22.3 Å². The smallest absolute Gasteiger partial charge is 0.112 e. The number of rotatable bonds is 4. The number of fused-ring (bicyclic) bond motifs is 2. The standard InChI is InChI=1S/C21H28N4/c1-5-21(3)10-9-16-19(13-21)23-24-20(16)18-11-14-7-8-15(25(4)6-2)12-17(14)22-18/h7-8,11-12,22H,5-6,9-10,13H2,1-4H3,(H,23,24). The van der Waals surface area contributed by atoms with Gasteiger partial charge in [0.2, 0.25) is 0 Å². The first-order valence-electron chi connectivity index (χ1n) is 9.43. The fourth-order valence-corrected chi connectivity index (χ4v) is 3.95. The first kappa shape index (κ1) is 16.2. The molecule has 1 aliphatic rings. The van der Waals surface area contributed by atoms with Gasteiger partial charge in [-0.25, -0.2) is 0 Å². The lowest BCUT2D eigenvalue weighted by Crippen LogP contribution is -2.24. The molecule has 25 heavy (non-hydrogen) atoms. The molecule has 1 unspecified atom stereocenters. The molecule has 1 atom stereocenters. The number of aromatic amines is 2. The Morgan fingerprint density at radius 3 is 2.84 bits per heavy atom. The minimum Gasteiger partial charge on any atom is -0.375 e. The summed E-state index contributed by atoms with van der Waals surface area (Å²) in [7, 11) is 2.12. The van der Waals surface area contributed by atoms with Crippen LogP contribution in [-0.2, 0) is 12.8 Å². The van der Waals surface area contributed by atoms with Crippen molar-refractivity contribution in [3.8, 4) is 11.4 Å². The Morgan fingerprint density at radius 1 is 1.24 bits per heavy atom. The second-order valence-electron chi connectivity index (χ2n) is 7.84. The van der Waals surface area contributed by atoms with Crippen molar-refractivity contribution in [3.05, 3.63) is 35.5 Å². The van der Waals surface area contributed by atoms with Crippen molar-refractivity contribution < 1.29 is 0 Å². The second-order valence-corrected chi connectivity index (χ2v) is 7.84. The molecule has 0 saturated carbocycles. The average Bonchev–Trinajstić information content (AvgIpc) is 3.23. The van der Waals surface area contributed by atoms with Crippen LogP contribution in [0.1, 0.15) is 44.9 Å². The number of hydrogen-bond acceptors (Lipinski definition) is 2. The van der Waals surface area contributed by atoms with Crippen LogP contribution in [0.5, 0.6) is 0 Å². The Kier molecular flexibility index (Phi) is 3.86. The average molecular weight is 336 g/mol. The first-order chi connectivity index (χ1) is 12.0. The van der Waals surface area contributed by atoms with Gasteiger partial charge in [0.15, 0.2) is 0 Å². The van der Waals surface area contributed by atoms with Crippen LogP contribution >= 0.6 is 0 Å². The molecule has 2 N–H and O–H groups in total. The van der Waals surface area contributed by atoms with Gasteiger partial charge in [-0.05, 0) is 49.8 Å². The normalized spacial score (nSPS) is 20.0. The minimum absolute atomic E-state index is 0.414. The van der Waals surface area contributed by atoms with Crippen molar-refractivity contribution in [1.29, 1.82) is 0 Å². The van der Waals surface area contributed by atoms with E-state index < -0.39 is 0 Å². The summed E-state index contributed by atoms with van der Waals surface area (Å²) in [4.78, 5) is 5.84. The van der Waals surface area contributed by atoms with Gasteiger partial charge in [0, 0.05) is 41.4 Å². The van der Waals surface area contributed by atoms with Crippen molar-refractivity contribution in [2.24, 2.45) is 5.41 Å². The lowest BCUT2D eigenvalue weighted by atomic mass is 9.73. The van der Waals surface area contributed by atoms with Gasteiger partial charge in [-0.15, -0.1) is 0 Å². The van der Waals surface area contributed by atoms with Crippen LogP contribution in [0.4, 0.5) is 5.69 Å². The third-order valence-electron chi connectivity index (χ3n) is 6.16. The number of H-pyrrole nitrogens is 2. The van der Waals surface area contributed by atoms with Crippen LogP contribution < -0.4 is 4.90 Å². The monoisotopic (exact) mass is 336 g/mol. The highest BCUT2D eigenvalue weighted by Crippen LogP contribution is 2.40. The third-order valence-corrected chi connectivity index (χ3v) is 6.16. The molecule has 4 heteroatoms. The summed E-state index contributed by atoms with van der Waals surface area (Å²) < 4.78 is 0. The van der Waals surface area contributed by atoms with Gasteiger partial charge in [0.05, 0.1) is 5.69 Å². The van der Waals surface area contributed by atoms with E-state index in [1.807, 2.05) is 0 Å². The van der Waals surface area contributed by atoms with E-state index in [2.05, 4.69) is 72.2 Å². The van der Waals surface area contributed by atoms with Gasteiger partial charge < -0.3 is 9.88 Å². The number of hydrogen-bond donors (Lipinski definition) is 2. The first-order valence-corrected chi connectivity index (χ1v) is 9.43. The Balaban J connectivity index is 1.71. The molecule has 0 aliphatic heterocycles. The van der Waals surface area contributed by atoms with Gasteiger partial charge in [0.25, 0.3) is 0 Å². The topological polar surface area (TPSA) is 47.7 Å². The molecule has 132 valence electrons. The molecular formula is C21H28N4. The number of aromatic nitrogens is 3. The van der Waals surface area contributed by atoms with Crippen LogP contribution in [0.3, 0.4) is 0 Å². The van der Waals surface area contributed by atoms with Gasteiger partial charge in [-0.1, -0.05) is 26.3 Å². The Labute approximate surface area is 149 Å². The highest BCUT2D eigenvalue weighted by Gasteiger charge is 2.31. The quantitative estimate of drug-likeness (QED) is 0.710. The summed E-state index contributed by atoms with van der Waals surface area (Å²) in [6.07, 6.45) is 4.69. The van der Waals surface area contributed by atoms with E-state index in [-0.39, 0.29) is 0 Å². The number of nitrogens with one attached hydrogen (secondary N) is 2. The predicted octanol–water partition coefficient (Wildman–Crippen LogP) is 4.92. The number of nitrogens with zero attached hydrogens (tertiary/aromatic N) is 2. The summed E-state index contributed by atoms with van der Waals surface area (Å²) >= 11 is 0. The maximum absolute atomic E-state index is 4.67. The molecule has 1 aromatic carbocycles. The van der Waals surface area contributed by atoms with E-state index in [1.54, 1.807) is 0 Å². The molecule has 3 aromatic rings. The molecule has 2 aromatic heterocycles. The van der Waals surface area contributed by atoms with Crippen molar-refractivity contribution in [1.82, 2.24) is 15.2 Å². The second kappa shape index (κ2) is 5.94. The minimum atomic E-state index is 0.414. The van der Waals surface area contributed by atoms with E-state index >= 15 is 0 Å². The lowest BCUT2D eigenvalue weighted by Gasteiger charge is -2.32. The summed E-state index contributed by atoms with van der Waals surface area (Å²) in [5.74, 6) is 0. The van der Waals surface area contributed by atoms with Gasteiger partial charge in [-0.3, -0.25) is 5.10 Å². The summed E-state index contributed by atoms with van der Waals surface area (Å²) in [6, 6.07) is 8.85. The molecule has 4 rings (SSSR count). The third kappa shape index (κ3) is 2.74. The van der Waals surface area contributed by atoms with Gasteiger partial charge in [-0.2, -0.15) is 5.10 Å². The van der Waals surface area contributed by atoms with E-state index in [4.69, 9.17) is 0 Å². The molecule has 4 nitrogen and oxygen atoms in total. The molecular weight excluding hydrogens is 308 g/mol. The highest BCUT2D eigenvalue weighted by molar-refractivity contribution is 5.88. The predicted molar refractivity (Wildman–Crippen MR) is 105 cm³/mol. The van der Waals surface area contributed by atoms with Crippen LogP contribution in [0, 0.1) is 5.41 Å². The molecule has 0 radical (unpaired) electrons. The summed E-state index contributed by atoms with van der Waals surface area (Å²) in [5.41, 5.74) is 7.80. The van der Waals surface area contributed by atoms with Crippen molar-refractivity contribution in [2.45, 2.75) is 46.5 Å². The maximum Gasteiger partial charge on any atom is 0.112 e. The SMILES string of the molecule is CCN(C)c1ccc2cc(-c3n[nH]c4c3CCC(C)(CC)C4)[nH]c2c1. The maximum atomic E-state index is 4.67. The Bertz CT molecular complexity index is 904. The summed E-state index contributed by atoms with van der Waals surface area (Å²) in [6.45, 7) is 7.86. The fraction of sp³-hybridized carbons (Fsp3) is 0.476. The molecule has 1 aliphatic carbocycles. The van der Waals surface area contributed by atoms with E-state index in [0.717, 1.165) is 30.8 Å². The molecule has 2 heterocycles. The molecule has 0 amide bonds. The van der Waals surface area contributed by atoms with Crippen molar-refractivity contribution >= 4 is 16.6 Å². The molecule has 0 spiro atoms. The van der Waals surface area contributed by atoms with Gasteiger partial charge in [0.1, 0.15) is 5.69 Å². The van der Waals surface area contributed by atoms with Crippen LogP contribution in [0.15, 0.2) is 24.3 Å². The van der Waals surface area contributed by atoms with E-state index in [0.29, 0.717) is 5.41 Å². The number of benzene rings is 1. The molecule has 0 saturated heterocycles. The molecule has 0 fully saturated rings. The largest absolute Gasteiger partial charge is 0.375 e. The zero-order chi connectivity index (χ0) is 17.6. The van der Waals surface area contributed by atoms with Gasteiger partial charge >= 0.3 is 0 Å². The van der Waals surface area contributed by atoms with E-state index in [9.17, 15) is 0 Å². The fourth-order valence-electron chi connectivity index (χ4n) is 3.95. The Morgan fingerprint density at radius 2 is 2.08 bits per heavy atom. The van der Waals surface area contributed by atoms with Crippen molar-refractivity contribution in [3.63, 3.8) is 0 Å². The Hall–Kier alpha value is -2.23. The zero-order valence-corrected chi connectivity index (χ0v) is 15.7. The lowest BCUT2D eigenvalue weighted by molar-refractivity contribution is 0.265. The number of anilines is 1. The summed E-state index contributed by atoms with van der Waals surface area (Å²) in [5, 5.41) is 9.23. The van der Waals surface area contributed by atoms with E-state index in [1.165, 1.54) is 40.7 Å². The van der Waals surface area contributed by atoms with Crippen molar-refractivity contribution in [2.75, 3.05) is 18.5 Å². The van der Waals surface area contributed by atoms with Crippen LogP contribution in [0.2, 0.25) is 0 Å². The highest BCUT2D eigenvalue weighted by atomic mass is 15.1. The van der Waals surface area contributed by atoms with Crippen LogP contribution in [-0.4, -0.2) is 28.8 Å². The molecule has 0 bridgehead atoms. The zero-order valence-electron chi connectivity index (χ0n) is 15.7.